The molecule has 0 amide bonds. The molecule has 13 heteroatoms. The first-order valence-corrected chi connectivity index (χ1v) is 14.2. The first-order valence-electron chi connectivity index (χ1n) is 12.8. The maximum Gasteiger partial charge on any atom is 0.355 e. The number of carbonyl (C=O) groups excluding carboxylic acids is 2. The third-order valence-electron chi connectivity index (χ3n) is 7.09. The monoisotopic (exact) mass is 581 g/mol. The van der Waals surface area contributed by atoms with E-state index in [4.69, 9.17) is 20.3 Å². The van der Waals surface area contributed by atoms with Gasteiger partial charge >= 0.3 is 11.9 Å². The Morgan fingerprint density at radius 1 is 1.00 bits per heavy atom. The van der Waals surface area contributed by atoms with Crippen molar-refractivity contribution in [1.82, 2.24) is 9.21 Å². The van der Waals surface area contributed by atoms with Gasteiger partial charge in [0.05, 0.1) is 48.9 Å². The van der Waals surface area contributed by atoms with Crippen LogP contribution in [0.5, 0.6) is 0 Å². The molecule has 41 heavy (non-hydrogen) atoms. The molecule has 0 spiro atoms. The SMILES string of the molecule is COC(=O)C1=C(C(=O)OC)N(c2ccc(S(=O)(=O)N3CCN(CCO)CC3)cc2)C(N)=C(C#N)C1c1ccccc1. The molecule has 3 N–H and O–H groups in total. The molecule has 2 aliphatic heterocycles. The number of sulfonamides is 1. The highest BCUT2D eigenvalue weighted by molar-refractivity contribution is 7.89. The summed E-state index contributed by atoms with van der Waals surface area (Å²) in [5, 5.41) is 19.3. The summed E-state index contributed by atoms with van der Waals surface area (Å²) in [7, 11) is -1.52. The van der Waals surface area contributed by atoms with Gasteiger partial charge in [-0.15, -0.1) is 0 Å². The molecule has 2 aromatic carbocycles. The lowest BCUT2D eigenvalue weighted by atomic mass is 9.81. The zero-order chi connectivity index (χ0) is 29.7. The zero-order valence-corrected chi connectivity index (χ0v) is 23.5. The number of rotatable bonds is 8. The molecule has 1 saturated heterocycles. The highest BCUT2D eigenvalue weighted by atomic mass is 32.2. The number of methoxy groups -OCH3 is 2. The van der Waals surface area contributed by atoms with Gasteiger partial charge in [-0.05, 0) is 29.8 Å². The van der Waals surface area contributed by atoms with Crippen LogP contribution in [0.2, 0.25) is 0 Å². The topological polar surface area (TPSA) is 166 Å². The van der Waals surface area contributed by atoms with Crippen LogP contribution in [0.15, 0.2) is 82.2 Å². The molecule has 0 aliphatic carbocycles. The minimum absolute atomic E-state index is 0.00158. The van der Waals surface area contributed by atoms with Gasteiger partial charge < -0.3 is 20.3 Å². The van der Waals surface area contributed by atoms with Gasteiger partial charge in [-0.25, -0.2) is 18.0 Å². The summed E-state index contributed by atoms with van der Waals surface area (Å²) in [5.74, 6) is -2.89. The van der Waals surface area contributed by atoms with Crippen LogP contribution in [0, 0.1) is 11.3 Å². The van der Waals surface area contributed by atoms with Gasteiger partial charge in [-0.2, -0.15) is 9.57 Å². The summed E-state index contributed by atoms with van der Waals surface area (Å²) in [5.41, 5.74) is 6.87. The van der Waals surface area contributed by atoms with Crippen LogP contribution < -0.4 is 10.6 Å². The Kier molecular flexibility index (Phi) is 9.09. The van der Waals surface area contributed by atoms with Crippen molar-refractivity contribution >= 4 is 27.6 Å². The van der Waals surface area contributed by atoms with Gasteiger partial charge in [0, 0.05) is 38.4 Å². The standard InChI is InChI=1S/C28H31N5O7S/c1-39-27(35)24-23(19-6-4-3-5-7-19)22(18-29)26(30)33(25(24)28(36)40-2)20-8-10-21(11-9-20)41(37,38)32-14-12-31(13-15-32)16-17-34/h3-11,23,34H,12-17,30H2,1-2H3. The van der Waals surface area contributed by atoms with Crippen molar-refractivity contribution in [3.05, 3.63) is 82.8 Å². The quantitative estimate of drug-likeness (QED) is 0.425. The minimum Gasteiger partial charge on any atom is -0.466 e. The lowest BCUT2D eigenvalue weighted by Crippen LogP contribution is -2.49. The van der Waals surface area contributed by atoms with Gasteiger partial charge in [-0.3, -0.25) is 9.80 Å². The lowest BCUT2D eigenvalue weighted by Gasteiger charge is -2.36. The van der Waals surface area contributed by atoms with E-state index in [9.17, 15) is 23.3 Å². The highest BCUT2D eigenvalue weighted by Gasteiger charge is 2.43. The van der Waals surface area contributed by atoms with Crippen molar-refractivity contribution < 1.29 is 32.6 Å². The van der Waals surface area contributed by atoms with Gasteiger partial charge in [-0.1, -0.05) is 30.3 Å². The second kappa shape index (κ2) is 12.5. The molecular weight excluding hydrogens is 550 g/mol. The maximum absolute atomic E-state index is 13.3. The number of allylic oxidation sites excluding steroid dienone is 1. The molecule has 2 heterocycles. The Hall–Kier alpha value is -4.22. The van der Waals surface area contributed by atoms with Crippen molar-refractivity contribution in [3.63, 3.8) is 0 Å². The molecule has 2 aromatic rings. The molecule has 216 valence electrons. The number of esters is 2. The fourth-order valence-electron chi connectivity index (χ4n) is 5.03. The van der Waals surface area contributed by atoms with E-state index in [0.29, 0.717) is 25.2 Å². The molecule has 0 saturated carbocycles. The van der Waals surface area contributed by atoms with Crippen molar-refractivity contribution in [2.75, 3.05) is 58.5 Å². The van der Waals surface area contributed by atoms with E-state index in [1.165, 1.54) is 33.5 Å². The number of benzene rings is 2. The van der Waals surface area contributed by atoms with E-state index in [-0.39, 0.29) is 52.9 Å². The van der Waals surface area contributed by atoms with Crippen LogP contribution in [0.3, 0.4) is 0 Å². The lowest BCUT2D eigenvalue weighted by molar-refractivity contribution is -0.139. The van der Waals surface area contributed by atoms with E-state index in [0.717, 1.165) is 14.2 Å². The van der Waals surface area contributed by atoms with Gasteiger partial charge in [0.2, 0.25) is 10.0 Å². The van der Waals surface area contributed by atoms with Gasteiger partial charge in [0.1, 0.15) is 11.5 Å². The van der Waals surface area contributed by atoms with Crippen LogP contribution >= 0.6 is 0 Å². The van der Waals surface area contributed by atoms with Crippen LogP contribution in [-0.4, -0.2) is 88.2 Å². The first-order chi connectivity index (χ1) is 19.7. The second-order valence-corrected chi connectivity index (χ2v) is 11.2. The number of ether oxygens (including phenoxy) is 2. The number of hydrogen-bond donors (Lipinski definition) is 2. The van der Waals surface area contributed by atoms with Crippen molar-refractivity contribution in [2.45, 2.75) is 10.8 Å². The normalized spacial score (nSPS) is 18.7. The molecule has 1 unspecified atom stereocenters. The van der Waals surface area contributed by atoms with E-state index in [2.05, 4.69) is 6.07 Å². The number of hydrogen-bond acceptors (Lipinski definition) is 11. The molecule has 2 aliphatic rings. The van der Waals surface area contributed by atoms with E-state index in [1.807, 2.05) is 4.90 Å². The van der Waals surface area contributed by atoms with Gasteiger partial charge in [0.25, 0.3) is 0 Å². The number of aliphatic hydroxyl groups excluding tert-OH is 1. The molecule has 0 bridgehead atoms. The number of nitrogens with zero attached hydrogens (tertiary/aromatic N) is 4. The Labute approximate surface area is 238 Å². The zero-order valence-electron chi connectivity index (χ0n) is 22.7. The number of β-amino-alcohol motifs (C(OH)–C–C–N with tert-alkyl or cyclic N) is 1. The maximum atomic E-state index is 13.3. The largest absolute Gasteiger partial charge is 0.466 e. The summed E-state index contributed by atoms with van der Waals surface area (Å²) in [6, 6.07) is 16.3. The number of aliphatic hydroxyl groups is 1. The molecule has 12 nitrogen and oxygen atoms in total. The molecular formula is C28H31N5O7S. The summed E-state index contributed by atoms with van der Waals surface area (Å²) in [6.45, 7) is 2.02. The molecule has 0 aromatic heterocycles. The summed E-state index contributed by atoms with van der Waals surface area (Å²) >= 11 is 0. The minimum atomic E-state index is -3.83. The molecule has 1 fully saturated rings. The highest BCUT2D eigenvalue weighted by Crippen LogP contribution is 2.43. The number of piperazine rings is 1. The fraction of sp³-hybridized carbons (Fsp3) is 0.321. The fourth-order valence-corrected chi connectivity index (χ4v) is 6.45. The van der Waals surface area contributed by atoms with Crippen molar-refractivity contribution in [3.8, 4) is 6.07 Å². The molecule has 4 rings (SSSR count). The van der Waals surface area contributed by atoms with Gasteiger partial charge in [0.15, 0.2) is 0 Å². The van der Waals surface area contributed by atoms with Crippen LogP contribution in [0.25, 0.3) is 0 Å². The van der Waals surface area contributed by atoms with Crippen molar-refractivity contribution in [1.29, 1.82) is 5.26 Å². The van der Waals surface area contributed by atoms with Crippen molar-refractivity contribution in [2.24, 2.45) is 5.73 Å². The summed E-state index contributed by atoms with van der Waals surface area (Å²) in [4.78, 5) is 29.6. The Morgan fingerprint density at radius 3 is 2.15 bits per heavy atom. The van der Waals surface area contributed by atoms with Crippen LogP contribution in [0.1, 0.15) is 11.5 Å². The number of nitriles is 1. The van der Waals surface area contributed by atoms with Crippen LogP contribution in [-0.2, 0) is 29.1 Å². The van der Waals surface area contributed by atoms with E-state index >= 15 is 0 Å². The third-order valence-corrected chi connectivity index (χ3v) is 9.00. The predicted octanol–water partition coefficient (Wildman–Crippen LogP) is 0.883. The van der Waals surface area contributed by atoms with E-state index < -0.39 is 27.9 Å². The first kappa shape index (κ1) is 29.8. The number of carbonyl (C=O) groups is 2. The Balaban J connectivity index is 1.79. The Bertz CT molecular complexity index is 1510. The molecule has 0 radical (unpaired) electrons. The van der Waals surface area contributed by atoms with E-state index in [1.54, 1.807) is 30.3 Å². The second-order valence-electron chi connectivity index (χ2n) is 9.30. The summed E-state index contributed by atoms with van der Waals surface area (Å²) < 4.78 is 38.1. The number of anilines is 1. The average molecular weight is 582 g/mol. The van der Waals surface area contributed by atoms with Crippen LogP contribution in [0.4, 0.5) is 5.69 Å². The average Bonchev–Trinajstić information content (AvgIpc) is 3.00. The Morgan fingerprint density at radius 2 is 1.61 bits per heavy atom. The molecule has 1 atom stereocenters. The number of nitrogens with two attached hydrogens (primary N) is 1. The third kappa shape index (κ3) is 5.68. The smallest absolute Gasteiger partial charge is 0.355 e. The summed E-state index contributed by atoms with van der Waals surface area (Å²) in [6.07, 6.45) is 0. The predicted molar refractivity (Wildman–Crippen MR) is 148 cm³/mol.